The maximum absolute atomic E-state index is 13.6. The molecule has 0 fully saturated rings. The summed E-state index contributed by atoms with van der Waals surface area (Å²) >= 11 is 5.65. The van der Waals surface area contributed by atoms with Crippen molar-refractivity contribution in [3.63, 3.8) is 0 Å². The summed E-state index contributed by atoms with van der Waals surface area (Å²) < 4.78 is 18.5. The van der Waals surface area contributed by atoms with Crippen LogP contribution in [-0.4, -0.2) is 42.8 Å². The molecule has 18 heavy (non-hydrogen) atoms. The summed E-state index contributed by atoms with van der Waals surface area (Å²) in [4.78, 5) is 12.3. The largest absolute Gasteiger partial charge is 0.480 e. The molecule has 0 atom stereocenters. The molecular weight excluding hydrogens is 261 g/mol. The Morgan fingerprint density at radius 1 is 1.56 bits per heavy atom. The van der Waals surface area contributed by atoms with E-state index in [-0.39, 0.29) is 13.1 Å². The molecule has 0 saturated heterocycles. The number of carbonyl (C=O) groups is 1. The van der Waals surface area contributed by atoms with Crippen molar-refractivity contribution in [1.82, 2.24) is 4.90 Å². The highest BCUT2D eigenvalue weighted by Gasteiger charge is 2.12. The van der Waals surface area contributed by atoms with Crippen molar-refractivity contribution in [2.24, 2.45) is 0 Å². The van der Waals surface area contributed by atoms with Crippen molar-refractivity contribution in [3.8, 4) is 0 Å². The molecule has 0 saturated carbocycles. The molecule has 0 heterocycles. The van der Waals surface area contributed by atoms with Crippen LogP contribution in [0.25, 0.3) is 0 Å². The summed E-state index contributed by atoms with van der Waals surface area (Å²) in [6.07, 6.45) is 0. The van der Waals surface area contributed by atoms with Crippen LogP contribution in [0.3, 0.4) is 0 Å². The zero-order valence-corrected chi connectivity index (χ0v) is 10.8. The lowest BCUT2D eigenvalue weighted by atomic mass is 10.2. The third-order valence-electron chi connectivity index (χ3n) is 2.38. The minimum atomic E-state index is -0.958. The van der Waals surface area contributed by atoms with Gasteiger partial charge < -0.3 is 9.84 Å². The summed E-state index contributed by atoms with van der Waals surface area (Å²) in [5.74, 6) is -1.39. The number of methoxy groups -OCH3 is 1. The van der Waals surface area contributed by atoms with E-state index in [1.807, 2.05) is 0 Å². The Morgan fingerprint density at radius 2 is 2.28 bits per heavy atom. The number of aliphatic carboxylic acids is 1. The van der Waals surface area contributed by atoms with Gasteiger partial charge in [-0.1, -0.05) is 17.7 Å². The van der Waals surface area contributed by atoms with Gasteiger partial charge in [0.05, 0.1) is 13.2 Å². The third-order valence-corrected chi connectivity index (χ3v) is 2.61. The molecule has 0 amide bonds. The van der Waals surface area contributed by atoms with Crippen molar-refractivity contribution >= 4 is 17.6 Å². The van der Waals surface area contributed by atoms with Gasteiger partial charge in [0.25, 0.3) is 0 Å². The molecule has 6 heteroatoms. The molecule has 0 radical (unpaired) electrons. The van der Waals surface area contributed by atoms with Crippen molar-refractivity contribution in [1.29, 1.82) is 0 Å². The normalized spacial score (nSPS) is 10.9. The number of rotatable bonds is 7. The predicted octanol–water partition coefficient (Wildman–Crippen LogP) is 2.01. The van der Waals surface area contributed by atoms with Gasteiger partial charge >= 0.3 is 5.97 Å². The number of ether oxygens (including phenoxy) is 1. The number of hydrogen-bond donors (Lipinski definition) is 1. The number of halogens is 2. The molecular formula is C12H15ClFNO3. The maximum Gasteiger partial charge on any atom is 0.317 e. The quantitative estimate of drug-likeness (QED) is 0.827. The highest BCUT2D eigenvalue weighted by atomic mass is 35.5. The molecule has 0 bridgehead atoms. The summed E-state index contributed by atoms with van der Waals surface area (Å²) in [5.41, 5.74) is 0.414. The summed E-state index contributed by atoms with van der Waals surface area (Å²) in [7, 11) is 1.53. The van der Waals surface area contributed by atoms with Gasteiger partial charge in [-0.25, -0.2) is 4.39 Å². The second kappa shape index (κ2) is 7.31. The minimum absolute atomic E-state index is 0.161. The van der Waals surface area contributed by atoms with Gasteiger partial charge in [-0.15, -0.1) is 0 Å². The van der Waals surface area contributed by atoms with Crippen molar-refractivity contribution in [3.05, 3.63) is 34.6 Å². The van der Waals surface area contributed by atoms with E-state index in [1.165, 1.54) is 13.2 Å². The van der Waals surface area contributed by atoms with Crippen LogP contribution in [0.1, 0.15) is 5.56 Å². The number of hydrogen-bond acceptors (Lipinski definition) is 3. The van der Waals surface area contributed by atoms with Crippen LogP contribution in [-0.2, 0) is 16.1 Å². The predicted molar refractivity (Wildman–Crippen MR) is 66.2 cm³/mol. The monoisotopic (exact) mass is 275 g/mol. The molecule has 0 aromatic heterocycles. The highest BCUT2D eigenvalue weighted by molar-refractivity contribution is 6.30. The summed E-state index contributed by atoms with van der Waals surface area (Å²) in [5, 5.41) is 9.09. The fraction of sp³-hybridized carbons (Fsp3) is 0.417. The second-order valence-corrected chi connectivity index (χ2v) is 4.27. The Balaban J connectivity index is 2.71. The SMILES string of the molecule is COCCN(CC(=O)O)Cc1ccc(Cl)cc1F. The Kier molecular flexibility index (Phi) is 6.04. The molecule has 1 aromatic carbocycles. The Hall–Kier alpha value is -1.17. The van der Waals surface area contributed by atoms with Crippen LogP contribution in [0.15, 0.2) is 18.2 Å². The molecule has 0 aliphatic rings. The Morgan fingerprint density at radius 3 is 2.83 bits per heavy atom. The van der Waals surface area contributed by atoms with E-state index in [1.54, 1.807) is 17.0 Å². The zero-order chi connectivity index (χ0) is 13.5. The van der Waals surface area contributed by atoms with Crippen LogP contribution in [0.5, 0.6) is 0 Å². The minimum Gasteiger partial charge on any atom is -0.480 e. The smallest absolute Gasteiger partial charge is 0.317 e. The van der Waals surface area contributed by atoms with Gasteiger partial charge in [0.1, 0.15) is 5.82 Å². The molecule has 0 spiro atoms. The summed E-state index contributed by atoms with van der Waals surface area (Å²) in [6, 6.07) is 4.35. The van der Waals surface area contributed by atoms with E-state index in [2.05, 4.69) is 0 Å². The first-order valence-electron chi connectivity index (χ1n) is 5.40. The van der Waals surface area contributed by atoms with Gasteiger partial charge in [0, 0.05) is 30.8 Å². The van der Waals surface area contributed by atoms with Crippen LogP contribution >= 0.6 is 11.6 Å². The zero-order valence-electron chi connectivity index (χ0n) is 10.0. The molecule has 0 aliphatic carbocycles. The fourth-order valence-corrected chi connectivity index (χ4v) is 1.68. The fourth-order valence-electron chi connectivity index (χ4n) is 1.52. The third kappa shape index (κ3) is 5.00. The Labute approximate surface area is 110 Å². The standard InChI is InChI=1S/C12H15ClFNO3/c1-18-5-4-15(8-12(16)17)7-9-2-3-10(13)6-11(9)14/h2-3,6H,4-5,7-8H2,1H3,(H,16,17). The average molecular weight is 276 g/mol. The first-order valence-corrected chi connectivity index (χ1v) is 5.77. The van der Waals surface area contributed by atoms with Crippen molar-refractivity contribution in [2.45, 2.75) is 6.54 Å². The molecule has 1 N–H and O–H groups in total. The average Bonchev–Trinajstić information content (AvgIpc) is 2.29. The van der Waals surface area contributed by atoms with E-state index in [0.717, 1.165) is 0 Å². The second-order valence-electron chi connectivity index (χ2n) is 3.83. The van der Waals surface area contributed by atoms with E-state index >= 15 is 0 Å². The maximum atomic E-state index is 13.6. The first-order chi connectivity index (χ1) is 8.52. The molecule has 0 unspecified atom stereocenters. The number of benzene rings is 1. The topological polar surface area (TPSA) is 49.8 Å². The van der Waals surface area contributed by atoms with Crippen LogP contribution in [0.4, 0.5) is 4.39 Å². The lowest BCUT2D eigenvalue weighted by molar-refractivity contribution is -0.138. The molecule has 1 rings (SSSR count). The summed E-state index contributed by atoms with van der Waals surface area (Å²) in [6.45, 7) is 0.859. The van der Waals surface area contributed by atoms with Crippen molar-refractivity contribution in [2.75, 3.05) is 26.8 Å². The van der Waals surface area contributed by atoms with Gasteiger partial charge in [0.15, 0.2) is 0 Å². The van der Waals surface area contributed by atoms with Crippen LogP contribution in [0, 0.1) is 5.82 Å². The number of nitrogens with zero attached hydrogens (tertiary/aromatic N) is 1. The molecule has 4 nitrogen and oxygen atoms in total. The van der Waals surface area contributed by atoms with E-state index in [0.29, 0.717) is 23.7 Å². The van der Waals surface area contributed by atoms with Gasteiger partial charge in [0.2, 0.25) is 0 Å². The highest BCUT2D eigenvalue weighted by Crippen LogP contribution is 2.16. The lowest BCUT2D eigenvalue weighted by Gasteiger charge is -2.20. The number of carboxylic acids is 1. The molecule has 100 valence electrons. The van der Waals surface area contributed by atoms with Crippen molar-refractivity contribution < 1.29 is 19.0 Å². The Bertz CT molecular complexity index is 414. The van der Waals surface area contributed by atoms with E-state index in [4.69, 9.17) is 21.4 Å². The first kappa shape index (κ1) is 14.9. The van der Waals surface area contributed by atoms with Gasteiger partial charge in [-0.2, -0.15) is 0 Å². The van der Waals surface area contributed by atoms with E-state index in [9.17, 15) is 9.18 Å². The van der Waals surface area contributed by atoms with E-state index < -0.39 is 11.8 Å². The number of carboxylic acid groups (broad SMARTS) is 1. The van der Waals surface area contributed by atoms with Crippen LogP contribution < -0.4 is 0 Å². The molecule has 1 aromatic rings. The van der Waals surface area contributed by atoms with Crippen LogP contribution in [0.2, 0.25) is 5.02 Å². The van der Waals surface area contributed by atoms with Gasteiger partial charge in [-0.3, -0.25) is 9.69 Å². The van der Waals surface area contributed by atoms with Gasteiger partial charge in [-0.05, 0) is 12.1 Å². The molecule has 0 aliphatic heterocycles. The lowest BCUT2D eigenvalue weighted by Crippen LogP contribution is -2.32.